The van der Waals surface area contributed by atoms with Crippen LogP contribution in [0, 0.1) is 17.0 Å². The van der Waals surface area contributed by atoms with Gasteiger partial charge in [0.25, 0.3) is 11.6 Å². The molecule has 0 saturated heterocycles. The highest BCUT2D eigenvalue weighted by Gasteiger charge is 2.16. The van der Waals surface area contributed by atoms with Crippen LogP contribution >= 0.6 is 0 Å². The number of benzene rings is 3. The number of methoxy groups -OCH3 is 1. The molecule has 0 spiro atoms. The molecule has 35 heavy (non-hydrogen) atoms. The van der Waals surface area contributed by atoms with E-state index in [1.54, 1.807) is 49.7 Å². The zero-order valence-electron chi connectivity index (χ0n) is 19.0. The number of carbonyl (C=O) groups excluding carboxylic acids is 1. The summed E-state index contributed by atoms with van der Waals surface area (Å²) in [7, 11) is 1.58. The second-order valence-corrected chi connectivity index (χ2v) is 7.48. The fourth-order valence-corrected chi connectivity index (χ4v) is 3.18. The fraction of sp³-hybridized carbons (Fsp3) is 0.120. The highest BCUT2D eigenvalue weighted by molar-refractivity contribution is 6.03. The number of aromatic nitrogens is 2. The first kappa shape index (κ1) is 23.3. The molecule has 4 rings (SSSR count). The average Bonchev–Trinajstić information content (AvgIpc) is 3.34. The van der Waals surface area contributed by atoms with Gasteiger partial charge in [-0.25, -0.2) is 4.68 Å². The monoisotopic (exact) mass is 474 g/mol. The molecule has 0 saturated carbocycles. The van der Waals surface area contributed by atoms with E-state index in [0.29, 0.717) is 17.2 Å². The Labute approximate surface area is 200 Å². The second kappa shape index (κ2) is 10.4. The summed E-state index contributed by atoms with van der Waals surface area (Å²) in [5.74, 6) is 1.58. The summed E-state index contributed by atoms with van der Waals surface area (Å²) >= 11 is 0. The van der Waals surface area contributed by atoms with Gasteiger partial charge in [-0.2, -0.15) is 5.10 Å². The van der Waals surface area contributed by atoms with Crippen molar-refractivity contribution >= 4 is 17.3 Å². The van der Waals surface area contributed by atoms with Gasteiger partial charge in [-0.1, -0.05) is 18.2 Å². The fourth-order valence-electron chi connectivity index (χ4n) is 3.18. The van der Waals surface area contributed by atoms with E-state index in [1.165, 1.54) is 28.9 Å². The van der Waals surface area contributed by atoms with Crippen LogP contribution in [-0.2, 0) is 6.73 Å². The minimum Gasteiger partial charge on any atom is -0.497 e. The highest BCUT2D eigenvalue weighted by Crippen LogP contribution is 2.31. The second-order valence-electron chi connectivity index (χ2n) is 7.48. The van der Waals surface area contributed by atoms with Gasteiger partial charge in [0.15, 0.2) is 12.4 Å². The van der Waals surface area contributed by atoms with Crippen molar-refractivity contribution in [1.82, 2.24) is 9.78 Å². The molecule has 1 heterocycles. The molecule has 0 unspecified atom stereocenters. The first-order valence-corrected chi connectivity index (χ1v) is 10.6. The van der Waals surface area contributed by atoms with Gasteiger partial charge in [0, 0.05) is 18.3 Å². The summed E-state index contributed by atoms with van der Waals surface area (Å²) < 4.78 is 18.0. The van der Waals surface area contributed by atoms with E-state index in [1.807, 2.05) is 19.1 Å². The standard InChI is InChI=1S/C25H22N4O6/c1-17-5-3-4-6-24(17)35-22-14-18(13-19(15-22)29(31)32)26-25(30)23-11-12-28(27-23)16-34-21-9-7-20(33-2)8-10-21/h3-15H,16H2,1-2H3,(H,26,30). The van der Waals surface area contributed by atoms with Crippen LogP contribution in [-0.4, -0.2) is 27.7 Å². The number of aryl methyl sites for hydroxylation is 1. The van der Waals surface area contributed by atoms with Crippen molar-refractivity contribution < 1.29 is 23.9 Å². The van der Waals surface area contributed by atoms with Crippen LogP contribution in [0.25, 0.3) is 0 Å². The molecular formula is C25H22N4O6. The largest absolute Gasteiger partial charge is 0.497 e. The van der Waals surface area contributed by atoms with E-state index in [0.717, 1.165) is 5.56 Å². The maximum atomic E-state index is 12.7. The third kappa shape index (κ3) is 5.93. The molecular weight excluding hydrogens is 452 g/mol. The van der Waals surface area contributed by atoms with E-state index in [9.17, 15) is 14.9 Å². The Morgan fingerprint density at radius 1 is 1.03 bits per heavy atom. The molecule has 0 aliphatic rings. The lowest BCUT2D eigenvalue weighted by Crippen LogP contribution is -2.14. The highest BCUT2D eigenvalue weighted by atomic mass is 16.6. The van der Waals surface area contributed by atoms with Crippen LogP contribution in [0.4, 0.5) is 11.4 Å². The van der Waals surface area contributed by atoms with Crippen molar-refractivity contribution in [2.45, 2.75) is 13.7 Å². The van der Waals surface area contributed by atoms with Gasteiger partial charge in [0.05, 0.1) is 23.8 Å². The lowest BCUT2D eigenvalue weighted by Gasteiger charge is -2.10. The number of nitro benzene ring substituents is 1. The van der Waals surface area contributed by atoms with Crippen molar-refractivity contribution in [3.63, 3.8) is 0 Å². The van der Waals surface area contributed by atoms with E-state index < -0.39 is 10.8 Å². The molecule has 10 heteroatoms. The predicted octanol–water partition coefficient (Wildman–Crippen LogP) is 5.19. The topological polar surface area (TPSA) is 118 Å². The van der Waals surface area contributed by atoms with Crippen LogP contribution in [0.2, 0.25) is 0 Å². The smallest absolute Gasteiger partial charge is 0.276 e. The summed E-state index contributed by atoms with van der Waals surface area (Å²) in [4.78, 5) is 23.6. The number of rotatable bonds is 9. The molecule has 0 fully saturated rings. The number of hydrogen-bond donors (Lipinski definition) is 1. The summed E-state index contributed by atoms with van der Waals surface area (Å²) in [6.45, 7) is 1.95. The van der Waals surface area contributed by atoms with Crippen LogP contribution in [0.3, 0.4) is 0 Å². The lowest BCUT2D eigenvalue weighted by atomic mass is 10.2. The minimum absolute atomic E-state index is 0.0881. The maximum absolute atomic E-state index is 12.7. The van der Waals surface area contributed by atoms with Gasteiger partial charge in [-0.15, -0.1) is 0 Å². The van der Waals surface area contributed by atoms with E-state index in [-0.39, 0.29) is 29.5 Å². The van der Waals surface area contributed by atoms with Crippen LogP contribution in [0.15, 0.2) is 79.0 Å². The molecule has 0 aliphatic heterocycles. The summed E-state index contributed by atoms with van der Waals surface area (Å²) in [5.41, 5.74) is 0.977. The Bertz CT molecular complexity index is 1350. The Hall–Kier alpha value is -4.86. The van der Waals surface area contributed by atoms with Gasteiger partial charge < -0.3 is 19.5 Å². The molecule has 0 aliphatic carbocycles. The molecule has 10 nitrogen and oxygen atoms in total. The van der Waals surface area contributed by atoms with E-state index in [2.05, 4.69) is 10.4 Å². The van der Waals surface area contributed by atoms with E-state index in [4.69, 9.17) is 14.2 Å². The van der Waals surface area contributed by atoms with Gasteiger partial charge in [-0.05, 0) is 48.9 Å². The Kier molecular flexibility index (Phi) is 6.91. The number of ether oxygens (including phenoxy) is 3. The first-order valence-electron chi connectivity index (χ1n) is 10.6. The summed E-state index contributed by atoms with van der Waals surface area (Å²) in [6.07, 6.45) is 1.60. The molecule has 1 amide bonds. The quantitative estimate of drug-likeness (QED) is 0.262. The molecule has 0 radical (unpaired) electrons. The van der Waals surface area contributed by atoms with Gasteiger partial charge >= 0.3 is 0 Å². The first-order chi connectivity index (χ1) is 16.9. The van der Waals surface area contributed by atoms with Crippen LogP contribution in [0.5, 0.6) is 23.0 Å². The van der Waals surface area contributed by atoms with Crippen LogP contribution in [0.1, 0.15) is 16.1 Å². The number of nitrogens with one attached hydrogen (secondary N) is 1. The molecule has 0 bridgehead atoms. The molecule has 3 aromatic carbocycles. The third-order valence-corrected chi connectivity index (χ3v) is 4.98. The van der Waals surface area contributed by atoms with Crippen molar-refractivity contribution in [1.29, 1.82) is 0 Å². The molecule has 178 valence electrons. The number of hydrogen-bond acceptors (Lipinski definition) is 7. The summed E-state index contributed by atoms with van der Waals surface area (Å²) in [6, 6.07) is 19.9. The summed E-state index contributed by atoms with van der Waals surface area (Å²) in [5, 5.41) is 18.3. The number of non-ortho nitro benzene ring substituents is 1. The molecule has 1 aromatic heterocycles. The predicted molar refractivity (Wildman–Crippen MR) is 128 cm³/mol. The number of nitrogens with zero attached hydrogens (tertiary/aromatic N) is 3. The zero-order chi connectivity index (χ0) is 24.8. The third-order valence-electron chi connectivity index (χ3n) is 4.98. The van der Waals surface area contributed by atoms with Crippen LogP contribution < -0.4 is 19.5 Å². The zero-order valence-corrected chi connectivity index (χ0v) is 19.0. The van der Waals surface area contributed by atoms with Crippen molar-refractivity contribution in [3.8, 4) is 23.0 Å². The Morgan fingerprint density at radius 3 is 2.49 bits per heavy atom. The Balaban J connectivity index is 1.45. The van der Waals surface area contributed by atoms with Gasteiger partial charge in [0.1, 0.15) is 23.0 Å². The van der Waals surface area contributed by atoms with Crippen molar-refractivity contribution in [2.75, 3.05) is 12.4 Å². The van der Waals surface area contributed by atoms with Crippen molar-refractivity contribution in [3.05, 3.63) is 100 Å². The molecule has 4 aromatic rings. The van der Waals surface area contributed by atoms with Gasteiger partial charge in [0.2, 0.25) is 0 Å². The number of carbonyl (C=O) groups is 1. The Morgan fingerprint density at radius 2 is 1.77 bits per heavy atom. The average molecular weight is 474 g/mol. The van der Waals surface area contributed by atoms with Gasteiger partial charge in [-0.3, -0.25) is 14.9 Å². The van der Waals surface area contributed by atoms with E-state index >= 15 is 0 Å². The van der Waals surface area contributed by atoms with Crippen molar-refractivity contribution in [2.24, 2.45) is 0 Å². The normalized spacial score (nSPS) is 10.5. The SMILES string of the molecule is COc1ccc(OCn2ccc(C(=O)Nc3cc(Oc4ccccc4C)cc([N+](=O)[O-])c3)n2)cc1. The molecule has 1 N–H and O–H groups in total. The minimum atomic E-state index is -0.550. The number of nitro groups is 1. The number of para-hydroxylation sites is 1. The number of amides is 1. The molecule has 0 atom stereocenters. The maximum Gasteiger partial charge on any atom is 0.276 e. The lowest BCUT2D eigenvalue weighted by molar-refractivity contribution is -0.384. The number of anilines is 1.